The van der Waals surface area contributed by atoms with E-state index in [1.54, 1.807) is 0 Å². The number of rotatable bonds is 0. The van der Waals surface area contributed by atoms with Gasteiger partial charge in [0, 0.05) is 0 Å². The molecule has 0 aromatic heterocycles. The maximum atomic E-state index is 0. The van der Waals surface area contributed by atoms with Crippen LogP contribution in [0.4, 0.5) is 0 Å². The van der Waals surface area contributed by atoms with Gasteiger partial charge in [-0.25, -0.2) is 0 Å². The molecule has 0 atom stereocenters. The van der Waals surface area contributed by atoms with E-state index in [2.05, 4.69) is 0 Å². The Morgan fingerprint density at radius 1 is 0.750 bits per heavy atom. The van der Waals surface area contributed by atoms with Crippen molar-refractivity contribution in [1.82, 2.24) is 0 Å². The van der Waals surface area contributed by atoms with E-state index in [9.17, 15) is 0 Å². The molecular formula is H3BrCl2Sn. The summed E-state index contributed by atoms with van der Waals surface area (Å²) in [5, 5.41) is 0. The Kier molecular flexibility index (Phi) is 210. The van der Waals surface area contributed by atoms with Crippen LogP contribution in [0.2, 0.25) is 0 Å². The van der Waals surface area contributed by atoms with E-state index < -0.39 is 0 Å². The molecule has 0 aliphatic rings. The third kappa shape index (κ3) is 9.13. The first kappa shape index (κ1) is 40.0. The Morgan fingerprint density at radius 3 is 0.750 bits per heavy atom. The Balaban J connectivity index is 0. The molecular weight excluding hydrogens is 270 g/mol. The van der Waals surface area contributed by atoms with Crippen LogP contribution >= 0.6 is 17.0 Å². The maximum absolute atomic E-state index is 0. The summed E-state index contributed by atoms with van der Waals surface area (Å²) in [6, 6.07) is 0. The molecule has 0 radical (unpaired) electrons. The topological polar surface area (TPSA) is 0 Å². The fourth-order valence-corrected chi connectivity index (χ4v) is 0. The summed E-state index contributed by atoms with van der Waals surface area (Å²) in [5.74, 6) is 0. The Hall–Kier alpha value is 1.86. The van der Waals surface area contributed by atoms with Crippen molar-refractivity contribution in [2.24, 2.45) is 0 Å². The van der Waals surface area contributed by atoms with Gasteiger partial charge in [-0.2, -0.15) is 0 Å². The summed E-state index contributed by atoms with van der Waals surface area (Å²) >= 11 is 0. The molecule has 0 saturated carbocycles. The van der Waals surface area contributed by atoms with Crippen LogP contribution in [0, 0.1) is 0 Å². The summed E-state index contributed by atoms with van der Waals surface area (Å²) in [6.45, 7) is 0. The summed E-state index contributed by atoms with van der Waals surface area (Å²) in [7, 11) is 0. The summed E-state index contributed by atoms with van der Waals surface area (Å²) < 4.78 is 0. The standard InChI is InChI=1S/BrH.2ClH.Sn.2H/h3*1H;;;/q;;;+2;;/p-2. The van der Waals surface area contributed by atoms with Crippen LogP contribution in [0.5, 0.6) is 0 Å². The van der Waals surface area contributed by atoms with Gasteiger partial charge in [-0.3, -0.25) is 0 Å². The quantitative estimate of drug-likeness (QED) is 0.385. The first-order chi connectivity index (χ1) is 0. The van der Waals surface area contributed by atoms with Gasteiger partial charge in [0.25, 0.3) is 0 Å². The van der Waals surface area contributed by atoms with E-state index in [0.29, 0.717) is 0 Å². The number of hydrogen-bond acceptors (Lipinski definition) is 0. The third-order valence-corrected chi connectivity index (χ3v) is 0. The molecule has 0 amide bonds. The first-order valence-corrected chi connectivity index (χ1v) is 0. The van der Waals surface area contributed by atoms with E-state index >= 15 is 0 Å². The van der Waals surface area contributed by atoms with Crippen molar-refractivity contribution in [3.63, 3.8) is 0 Å². The zero-order chi connectivity index (χ0) is 0. The van der Waals surface area contributed by atoms with Crippen molar-refractivity contribution >= 4 is 40.9 Å². The minimum atomic E-state index is 0. The molecule has 0 spiro atoms. The molecule has 0 aromatic carbocycles. The zero-order valence-electron chi connectivity index (χ0n) is 1.87. The average Bonchev–Trinajstić information content (AvgIpc) is 0. The second-order valence-electron chi connectivity index (χ2n) is 0. The molecule has 4 heavy (non-hydrogen) atoms. The minimum absolute atomic E-state index is 0. The van der Waals surface area contributed by atoms with E-state index in [4.69, 9.17) is 0 Å². The summed E-state index contributed by atoms with van der Waals surface area (Å²) in [6.07, 6.45) is 0. The fourth-order valence-electron chi connectivity index (χ4n) is 0. The van der Waals surface area contributed by atoms with E-state index in [-0.39, 0.29) is 65.7 Å². The van der Waals surface area contributed by atoms with Gasteiger partial charge < -0.3 is 24.8 Å². The van der Waals surface area contributed by atoms with Gasteiger partial charge in [0.05, 0.1) is 0 Å². The van der Waals surface area contributed by atoms with Crippen LogP contribution in [-0.4, -0.2) is 23.9 Å². The predicted octanol–water partition coefficient (Wildman–Crippen LogP) is -6.33. The Labute approximate surface area is 65.3 Å². The van der Waals surface area contributed by atoms with Crippen molar-refractivity contribution in [2.75, 3.05) is 0 Å². The van der Waals surface area contributed by atoms with Crippen LogP contribution in [0.3, 0.4) is 0 Å². The second-order valence-corrected chi connectivity index (χ2v) is 0. The monoisotopic (exact) mass is 272 g/mol. The molecule has 0 aliphatic carbocycles. The molecule has 0 nitrogen and oxygen atoms in total. The molecule has 0 N–H and O–H groups in total. The molecule has 0 heterocycles. The van der Waals surface area contributed by atoms with Crippen LogP contribution in [0.1, 0.15) is 0 Å². The number of hydrogen-bond donors (Lipinski definition) is 0. The van der Waals surface area contributed by atoms with Crippen LogP contribution < -0.4 is 24.8 Å². The molecule has 0 bridgehead atoms. The van der Waals surface area contributed by atoms with E-state index in [1.165, 1.54) is 0 Å². The van der Waals surface area contributed by atoms with Gasteiger partial charge in [-0.15, -0.1) is 17.0 Å². The fraction of sp³-hybridized carbons (Fsp3) is 0. The van der Waals surface area contributed by atoms with Crippen LogP contribution in [0.25, 0.3) is 0 Å². The van der Waals surface area contributed by atoms with Gasteiger partial charge in [0.2, 0.25) is 0 Å². The average molecular weight is 273 g/mol. The van der Waals surface area contributed by atoms with E-state index in [0.717, 1.165) is 0 Å². The van der Waals surface area contributed by atoms with Gasteiger partial charge in [0.1, 0.15) is 0 Å². The molecule has 0 saturated heterocycles. The zero-order valence-corrected chi connectivity index (χ0v) is 9.13. The SMILES string of the molecule is Br.[Cl-].[Cl-].[SnH2+2]. The van der Waals surface area contributed by atoms with E-state index in [1.807, 2.05) is 0 Å². The molecule has 28 valence electrons. The van der Waals surface area contributed by atoms with Crippen molar-refractivity contribution < 1.29 is 24.8 Å². The molecule has 0 unspecified atom stereocenters. The summed E-state index contributed by atoms with van der Waals surface area (Å²) in [5.41, 5.74) is 0. The van der Waals surface area contributed by atoms with Crippen molar-refractivity contribution in [3.8, 4) is 0 Å². The third-order valence-electron chi connectivity index (χ3n) is 0. The Bertz CT molecular complexity index is 6.00. The first-order valence-electron chi connectivity index (χ1n) is 0. The van der Waals surface area contributed by atoms with Crippen molar-refractivity contribution in [3.05, 3.63) is 0 Å². The Morgan fingerprint density at radius 2 is 0.750 bits per heavy atom. The van der Waals surface area contributed by atoms with Crippen LogP contribution in [0.15, 0.2) is 0 Å². The molecule has 0 rings (SSSR count). The molecule has 0 aliphatic heterocycles. The molecule has 0 aromatic rings. The summed E-state index contributed by atoms with van der Waals surface area (Å²) in [4.78, 5) is 0. The van der Waals surface area contributed by atoms with Gasteiger partial charge in [0.15, 0.2) is 0 Å². The van der Waals surface area contributed by atoms with Crippen molar-refractivity contribution in [2.45, 2.75) is 0 Å². The molecule has 0 fully saturated rings. The second kappa shape index (κ2) is 20.9. The van der Waals surface area contributed by atoms with Crippen LogP contribution in [-0.2, 0) is 0 Å². The molecule has 4 heteroatoms. The predicted molar refractivity (Wildman–Crippen MR) is 18.9 cm³/mol. The van der Waals surface area contributed by atoms with Gasteiger partial charge in [-0.1, -0.05) is 0 Å². The van der Waals surface area contributed by atoms with Gasteiger partial charge >= 0.3 is 23.9 Å². The number of halogens is 3. The van der Waals surface area contributed by atoms with Crippen molar-refractivity contribution in [1.29, 1.82) is 0 Å². The van der Waals surface area contributed by atoms with Gasteiger partial charge in [-0.05, 0) is 0 Å². The normalized spacial score (nSPS) is 0.